The molecular formula is C13H12FN9O3. The highest BCUT2D eigenvalue weighted by atomic mass is 19.1. The van der Waals surface area contributed by atoms with Crippen molar-refractivity contribution in [1.82, 2.24) is 35.3 Å². The van der Waals surface area contributed by atoms with Crippen molar-refractivity contribution in [3.8, 4) is 5.69 Å². The molecule has 0 fully saturated rings. The second kappa shape index (κ2) is 7.33. The van der Waals surface area contributed by atoms with Gasteiger partial charge in [0.25, 0.3) is 0 Å². The van der Waals surface area contributed by atoms with Gasteiger partial charge in [-0.1, -0.05) is 0 Å². The minimum absolute atomic E-state index is 0.0507. The number of hydrogen-bond donors (Lipinski definition) is 2. The van der Waals surface area contributed by atoms with Crippen LogP contribution in [0, 0.1) is 15.9 Å². The maximum Gasteiger partial charge on any atom is 0.319 e. The first-order valence-electron chi connectivity index (χ1n) is 7.27. The molecule has 13 heteroatoms. The Balaban J connectivity index is 1.56. The van der Waals surface area contributed by atoms with E-state index in [0.29, 0.717) is 5.69 Å². The van der Waals surface area contributed by atoms with Gasteiger partial charge in [0, 0.05) is 6.54 Å². The molecular weight excluding hydrogens is 349 g/mol. The number of anilines is 1. The molecule has 0 saturated carbocycles. The number of halogens is 1. The molecule has 2 aromatic heterocycles. The number of nitrogens with one attached hydrogen (secondary N) is 2. The Morgan fingerprint density at radius 2 is 2.23 bits per heavy atom. The number of rotatable bonds is 6. The van der Waals surface area contributed by atoms with Gasteiger partial charge in [-0.3, -0.25) is 14.8 Å². The lowest BCUT2D eigenvalue weighted by molar-refractivity contribution is -0.385. The zero-order valence-electron chi connectivity index (χ0n) is 13.1. The second-order valence-electron chi connectivity index (χ2n) is 5.02. The van der Waals surface area contributed by atoms with Crippen LogP contribution in [-0.4, -0.2) is 47.5 Å². The number of carbonyl (C=O) groups is 1. The van der Waals surface area contributed by atoms with Crippen LogP contribution in [0.15, 0.2) is 36.9 Å². The van der Waals surface area contributed by atoms with Crippen molar-refractivity contribution >= 4 is 17.4 Å². The number of urea groups is 1. The first-order chi connectivity index (χ1) is 12.5. The highest BCUT2D eigenvalue weighted by Gasteiger charge is 2.11. The van der Waals surface area contributed by atoms with Gasteiger partial charge in [-0.15, -0.1) is 5.10 Å². The fraction of sp³-hybridized carbons (Fsp3) is 0.154. The third-order valence-electron chi connectivity index (χ3n) is 3.27. The van der Waals surface area contributed by atoms with Crippen LogP contribution in [0.3, 0.4) is 0 Å². The van der Waals surface area contributed by atoms with Gasteiger partial charge in [0.2, 0.25) is 0 Å². The van der Waals surface area contributed by atoms with Crippen LogP contribution in [0.1, 0.15) is 0 Å². The number of amides is 2. The molecule has 3 rings (SSSR count). The van der Waals surface area contributed by atoms with Gasteiger partial charge >= 0.3 is 11.7 Å². The summed E-state index contributed by atoms with van der Waals surface area (Å²) in [6.45, 7) is 0.355. The van der Waals surface area contributed by atoms with Gasteiger partial charge in [0.05, 0.1) is 22.8 Å². The lowest BCUT2D eigenvalue weighted by Gasteiger charge is -2.10. The van der Waals surface area contributed by atoms with Gasteiger partial charge in [-0.2, -0.15) is 5.10 Å². The van der Waals surface area contributed by atoms with Crippen molar-refractivity contribution in [2.45, 2.75) is 6.54 Å². The van der Waals surface area contributed by atoms with E-state index < -0.39 is 16.8 Å². The molecule has 3 aromatic rings. The molecule has 12 nitrogen and oxygen atoms in total. The lowest BCUT2D eigenvalue weighted by atomic mass is 10.2. The Kier molecular flexibility index (Phi) is 4.78. The largest absolute Gasteiger partial charge is 0.336 e. The first kappa shape index (κ1) is 16.9. The summed E-state index contributed by atoms with van der Waals surface area (Å²) < 4.78 is 16.5. The number of benzene rings is 1. The monoisotopic (exact) mass is 361 g/mol. The molecule has 2 N–H and O–H groups in total. The Morgan fingerprint density at radius 3 is 2.92 bits per heavy atom. The molecule has 134 valence electrons. The van der Waals surface area contributed by atoms with Crippen LogP contribution in [0.2, 0.25) is 0 Å². The molecule has 0 saturated heterocycles. The molecule has 0 aliphatic carbocycles. The summed E-state index contributed by atoms with van der Waals surface area (Å²) in [6.07, 6.45) is 3.69. The molecule has 2 heterocycles. The molecule has 0 radical (unpaired) electrons. The number of tetrazole rings is 1. The number of nitrogens with zero attached hydrogens (tertiary/aromatic N) is 7. The van der Waals surface area contributed by atoms with Crippen molar-refractivity contribution in [2.75, 3.05) is 11.9 Å². The first-order valence-corrected chi connectivity index (χ1v) is 7.27. The van der Waals surface area contributed by atoms with Crippen LogP contribution >= 0.6 is 0 Å². The third kappa shape index (κ3) is 3.95. The van der Waals surface area contributed by atoms with E-state index in [1.807, 2.05) is 0 Å². The molecule has 0 aliphatic heterocycles. The zero-order chi connectivity index (χ0) is 18.5. The molecule has 2 amide bonds. The van der Waals surface area contributed by atoms with Gasteiger partial charge in [0.15, 0.2) is 0 Å². The number of carbonyl (C=O) groups excluding carboxylic acids is 1. The molecule has 0 bridgehead atoms. The lowest BCUT2D eigenvalue weighted by Crippen LogP contribution is -2.31. The predicted octanol–water partition coefficient (Wildman–Crippen LogP) is 0.728. The van der Waals surface area contributed by atoms with Gasteiger partial charge in [-0.05, 0) is 28.6 Å². The van der Waals surface area contributed by atoms with Crippen molar-refractivity contribution in [2.24, 2.45) is 0 Å². The minimum Gasteiger partial charge on any atom is -0.336 e. The average molecular weight is 361 g/mol. The Morgan fingerprint density at radius 1 is 1.38 bits per heavy atom. The molecule has 26 heavy (non-hydrogen) atoms. The number of nitro groups is 1. The van der Waals surface area contributed by atoms with Gasteiger partial charge in [-0.25, -0.2) is 13.9 Å². The van der Waals surface area contributed by atoms with E-state index in [9.17, 15) is 19.3 Å². The average Bonchev–Trinajstić information content (AvgIpc) is 3.28. The van der Waals surface area contributed by atoms with Crippen LogP contribution in [-0.2, 0) is 6.54 Å². The van der Waals surface area contributed by atoms with E-state index in [1.165, 1.54) is 40.1 Å². The highest BCUT2D eigenvalue weighted by Crippen LogP contribution is 2.18. The normalized spacial score (nSPS) is 10.5. The Hall–Kier alpha value is -3.90. The van der Waals surface area contributed by atoms with Crippen molar-refractivity contribution in [3.05, 3.63) is 52.9 Å². The van der Waals surface area contributed by atoms with Crippen molar-refractivity contribution in [1.29, 1.82) is 0 Å². The summed E-state index contributed by atoms with van der Waals surface area (Å²) in [6, 6.07) is 3.37. The second-order valence-corrected chi connectivity index (χ2v) is 5.02. The van der Waals surface area contributed by atoms with Crippen LogP contribution in [0.4, 0.5) is 20.6 Å². The maximum absolute atomic E-state index is 13.9. The SMILES string of the molecule is O=C(NCCn1cc([N+](=O)[O-])cn1)Nc1cc(-n2cnnn2)ccc1F. The predicted molar refractivity (Wildman–Crippen MR) is 85.0 cm³/mol. The van der Waals surface area contributed by atoms with E-state index in [0.717, 1.165) is 6.20 Å². The Labute approximate surface area is 144 Å². The Bertz CT molecular complexity index is 925. The van der Waals surface area contributed by atoms with Crippen LogP contribution < -0.4 is 10.6 Å². The number of aromatic nitrogens is 6. The maximum atomic E-state index is 13.9. The summed E-state index contributed by atoms with van der Waals surface area (Å²) in [7, 11) is 0. The van der Waals surface area contributed by atoms with E-state index in [-0.39, 0.29) is 24.5 Å². The molecule has 0 unspecified atom stereocenters. The summed E-state index contributed by atoms with van der Waals surface area (Å²) in [5.74, 6) is -0.625. The van der Waals surface area contributed by atoms with Crippen molar-refractivity contribution in [3.63, 3.8) is 0 Å². The molecule has 0 aliphatic rings. The van der Waals surface area contributed by atoms with E-state index in [1.54, 1.807) is 0 Å². The summed E-state index contributed by atoms with van der Waals surface area (Å²) in [4.78, 5) is 21.9. The smallest absolute Gasteiger partial charge is 0.319 e. The summed E-state index contributed by atoms with van der Waals surface area (Å²) >= 11 is 0. The third-order valence-corrected chi connectivity index (χ3v) is 3.27. The standard InChI is InChI=1S/C13H12FN9O3/c14-11-2-1-9(22-8-16-19-20-22)5-12(11)18-13(24)15-3-4-21-7-10(6-17-21)23(25)26/h1-2,5-8H,3-4H2,(H2,15,18,24). The topological polar surface area (TPSA) is 146 Å². The fourth-order valence-electron chi connectivity index (χ4n) is 2.05. The van der Waals surface area contributed by atoms with E-state index in [2.05, 4.69) is 31.3 Å². The van der Waals surface area contributed by atoms with Gasteiger partial charge in [0.1, 0.15) is 24.5 Å². The minimum atomic E-state index is -0.639. The highest BCUT2D eigenvalue weighted by molar-refractivity contribution is 5.89. The van der Waals surface area contributed by atoms with Gasteiger partial charge < -0.3 is 10.6 Å². The number of hydrogen-bond acceptors (Lipinski definition) is 7. The molecule has 0 spiro atoms. The summed E-state index contributed by atoms with van der Waals surface area (Å²) in [5.41, 5.74) is 0.275. The molecule has 1 aromatic carbocycles. The van der Waals surface area contributed by atoms with Crippen LogP contribution in [0.5, 0.6) is 0 Å². The summed E-state index contributed by atoms with van der Waals surface area (Å²) in [5, 5.41) is 29.9. The fourth-order valence-corrected chi connectivity index (χ4v) is 2.05. The van der Waals surface area contributed by atoms with E-state index in [4.69, 9.17) is 0 Å². The van der Waals surface area contributed by atoms with Crippen LogP contribution in [0.25, 0.3) is 5.69 Å². The zero-order valence-corrected chi connectivity index (χ0v) is 13.1. The molecule has 0 atom stereocenters. The van der Waals surface area contributed by atoms with Crippen molar-refractivity contribution < 1.29 is 14.1 Å². The quantitative estimate of drug-likeness (QED) is 0.486. The van der Waals surface area contributed by atoms with E-state index >= 15 is 0 Å².